The Balaban J connectivity index is 2.60. The summed E-state index contributed by atoms with van der Waals surface area (Å²) in [6, 6.07) is 21.6. The zero-order valence-corrected chi connectivity index (χ0v) is 17.5. The molecule has 0 spiro atoms. The quantitative estimate of drug-likeness (QED) is 0.515. The lowest BCUT2D eigenvalue weighted by Crippen LogP contribution is -2.67. The third kappa shape index (κ3) is 4.50. The van der Waals surface area contributed by atoms with Gasteiger partial charge in [-0.3, -0.25) is 0 Å². The molecule has 25 heavy (non-hydrogen) atoms. The van der Waals surface area contributed by atoms with Crippen molar-refractivity contribution < 1.29 is 4.43 Å². The Bertz CT molecular complexity index is 629. The molecule has 2 heteroatoms. The summed E-state index contributed by atoms with van der Waals surface area (Å²) >= 11 is 0. The highest BCUT2D eigenvalue weighted by Crippen LogP contribution is 2.37. The van der Waals surface area contributed by atoms with Gasteiger partial charge in [-0.15, -0.1) is 0 Å². The van der Waals surface area contributed by atoms with Crippen LogP contribution in [0.1, 0.15) is 41.5 Å². The van der Waals surface area contributed by atoms with Crippen LogP contribution in [0.25, 0.3) is 0 Å². The summed E-state index contributed by atoms with van der Waals surface area (Å²) in [5.41, 5.74) is 0. The molecular formula is C23H32OSi. The molecule has 0 saturated heterocycles. The van der Waals surface area contributed by atoms with E-state index in [9.17, 15) is 0 Å². The van der Waals surface area contributed by atoms with Crippen LogP contribution in [0.2, 0.25) is 5.04 Å². The molecule has 0 fully saturated rings. The standard InChI is InChI=1S/C23H32OSi/c1-19(2)17-18-20(3)24-25(23(4,5)6,21-13-9-7-10-14-21)22-15-11-8-12-16-22/h7-20H,1-6H3/b18-17+/t20-/m0/s1. The molecule has 0 aromatic heterocycles. The number of rotatable bonds is 6. The lowest BCUT2D eigenvalue weighted by Gasteiger charge is -2.44. The van der Waals surface area contributed by atoms with Crippen molar-refractivity contribution >= 4 is 18.7 Å². The van der Waals surface area contributed by atoms with Crippen molar-refractivity contribution in [1.29, 1.82) is 0 Å². The first-order valence-corrected chi connectivity index (χ1v) is 11.2. The van der Waals surface area contributed by atoms with Gasteiger partial charge >= 0.3 is 0 Å². The van der Waals surface area contributed by atoms with Crippen LogP contribution in [0, 0.1) is 5.92 Å². The zero-order chi connectivity index (χ0) is 18.5. The molecule has 0 heterocycles. The topological polar surface area (TPSA) is 9.23 Å². The molecule has 0 radical (unpaired) electrons. The zero-order valence-electron chi connectivity index (χ0n) is 16.5. The summed E-state index contributed by atoms with van der Waals surface area (Å²) in [6.45, 7) is 13.5. The number of benzene rings is 2. The van der Waals surface area contributed by atoms with Crippen LogP contribution >= 0.6 is 0 Å². The third-order valence-corrected chi connectivity index (χ3v) is 9.68. The summed E-state index contributed by atoms with van der Waals surface area (Å²) in [4.78, 5) is 0. The van der Waals surface area contributed by atoms with Crippen LogP contribution in [0.4, 0.5) is 0 Å². The van der Waals surface area contributed by atoms with Crippen molar-refractivity contribution in [3.8, 4) is 0 Å². The van der Waals surface area contributed by atoms with E-state index in [0.717, 1.165) is 0 Å². The molecule has 0 saturated carbocycles. The monoisotopic (exact) mass is 352 g/mol. The van der Waals surface area contributed by atoms with Gasteiger partial charge in [-0.25, -0.2) is 0 Å². The number of allylic oxidation sites excluding steroid dienone is 1. The van der Waals surface area contributed by atoms with Crippen molar-refractivity contribution in [2.24, 2.45) is 5.92 Å². The number of hydrogen-bond donors (Lipinski definition) is 0. The van der Waals surface area contributed by atoms with Gasteiger partial charge in [0.05, 0.1) is 6.10 Å². The Kier molecular flexibility index (Phi) is 6.42. The van der Waals surface area contributed by atoms with Crippen molar-refractivity contribution in [1.82, 2.24) is 0 Å². The van der Waals surface area contributed by atoms with E-state index in [4.69, 9.17) is 4.43 Å². The first-order valence-electron chi connectivity index (χ1n) is 9.24. The molecular weight excluding hydrogens is 320 g/mol. The maximum atomic E-state index is 6.98. The smallest absolute Gasteiger partial charge is 0.261 e. The van der Waals surface area contributed by atoms with Crippen LogP contribution in [0.15, 0.2) is 72.8 Å². The molecule has 0 aliphatic rings. The molecule has 0 amide bonds. The van der Waals surface area contributed by atoms with Gasteiger partial charge in [0.25, 0.3) is 8.32 Å². The number of hydrogen-bond acceptors (Lipinski definition) is 1. The van der Waals surface area contributed by atoms with Crippen LogP contribution in [-0.4, -0.2) is 14.4 Å². The van der Waals surface area contributed by atoms with Crippen molar-refractivity contribution in [3.63, 3.8) is 0 Å². The molecule has 1 atom stereocenters. The van der Waals surface area contributed by atoms with E-state index in [2.05, 4.69) is 114 Å². The predicted molar refractivity (Wildman–Crippen MR) is 112 cm³/mol. The molecule has 0 N–H and O–H groups in total. The van der Waals surface area contributed by atoms with Gasteiger partial charge in [0.2, 0.25) is 0 Å². The Hall–Kier alpha value is -1.64. The van der Waals surface area contributed by atoms with Crippen molar-refractivity contribution in [2.45, 2.75) is 52.7 Å². The highest BCUT2D eigenvalue weighted by molar-refractivity contribution is 6.99. The maximum Gasteiger partial charge on any atom is 0.261 e. The SMILES string of the molecule is CC(C)/C=C/[C@H](C)O[Si](c1ccccc1)(c1ccccc1)C(C)(C)C. The molecule has 0 aliphatic heterocycles. The fourth-order valence-corrected chi connectivity index (χ4v) is 8.04. The van der Waals surface area contributed by atoms with Gasteiger partial charge < -0.3 is 4.43 Å². The summed E-state index contributed by atoms with van der Waals surface area (Å²) in [6.07, 6.45) is 4.53. The van der Waals surface area contributed by atoms with Gasteiger partial charge in [-0.2, -0.15) is 0 Å². The summed E-state index contributed by atoms with van der Waals surface area (Å²) in [5, 5.41) is 2.69. The first kappa shape index (κ1) is 19.7. The highest BCUT2D eigenvalue weighted by Gasteiger charge is 2.50. The minimum atomic E-state index is -2.44. The summed E-state index contributed by atoms with van der Waals surface area (Å²) < 4.78 is 6.98. The largest absolute Gasteiger partial charge is 0.401 e. The first-order chi connectivity index (χ1) is 11.8. The predicted octanol–water partition coefficient (Wildman–Crippen LogP) is 5.16. The van der Waals surface area contributed by atoms with E-state index in [1.807, 2.05) is 0 Å². The maximum absolute atomic E-state index is 6.98. The molecule has 2 aromatic carbocycles. The van der Waals surface area contributed by atoms with Crippen molar-refractivity contribution in [3.05, 3.63) is 72.8 Å². The fourth-order valence-electron chi connectivity index (χ4n) is 3.39. The minimum Gasteiger partial charge on any atom is -0.401 e. The van der Waals surface area contributed by atoms with Gasteiger partial charge in [0, 0.05) is 0 Å². The Labute approximate surface area is 154 Å². The molecule has 134 valence electrons. The summed E-state index contributed by atoms with van der Waals surface area (Å²) in [5.74, 6) is 0.533. The van der Waals surface area contributed by atoms with E-state index >= 15 is 0 Å². The van der Waals surface area contributed by atoms with Gasteiger partial charge in [-0.05, 0) is 28.3 Å². The second-order valence-electron chi connectivity index (χ2n) is 8.12. The molecule has 0 unspecified atom stereocenters. The average molecular weight is 353 g/mol. The van der Waals surface area contributed by atoms with E-state index in [1.54, 1.807) is 0 Å². The van der Waals surface area contributed by atoms with Gasteiger partial charge in [0.1, 0.15) is 0 Å². The van der Waals surface area contributed by atoms with Gasteiger partial charge in [-0.1, -0.05) is 107 Å². The molecule has 0 bridgehead atoms. The highest BCUT2D eigenvalue weighted by atomic mass is 28.4. The van der Waals surface area contributed by atoms with Crippen LogP contribution < -0.4 is 10.4 Å². The molecule has 2 aromatic rings. The van der Waals surface area contributed by atoms with Crippen LogP contribution in [0.3, 0.4) is 0 Å². The fraction of sp³-hybridized carbons (Fsp3) is 0.391. The normalized spacial score (nSPS) is 14.2. The second-order valence-corrected chi connectivity index (χ2v) is 12.4. The van der Waals surface area contributed by atoms with E-state index in [1.165, 1.54) is 10.4 Å². The van der Waals surface area contributed by atoms with E-state index < -0.39 is 8.32 Å². The lowest BCUT2D eigenvalue weighted by atomic mass is 10.2. The van der Waals surface area contributed by atoms with Crippen LogP contribution in [0.5, 0.6) is 0 Å². The Morgan fingerprint density at radius 3 is 1.56 bits per heavy atom. The van der Waals surface area contributed by atoms with E-state index in [0.29, 0.717) is 5.92 Å². The summed E-state index contributed by atoms with van der Waals surface area (Å²) in [7, 11) is -2.44. The van der Waals surface area contributed by atoms with E-state index in [-0.39, 0.29) is 11.1 Å². The lowest BCUT2D eigenvalue weighted by molar-refractivity contribution is 0.251. The molecule has 1 nitrogen and oxygen atoms in total. The van der Waals surface area contributed by atoms with Gasteiger partial charge in [0.15, 0.2) is 0 Å². The van der Waals surface area contributed by atoms with Crippen LogP contribution in [-0.2, 0) is 4.43 Å². The molecule has 0 aliphatic carbocycles. The second kappa shape index (κ2) is 8.16. The Morgan fingerprint density at radius 2 is 1.20 bits per heavy atom. The molecule has 2 rings (SSSR count). The minimum absolute atomic E-state index is 0.0234. The third-order valence-electron chi connectivity index (χ3n) is 4.55. The Morgan fingerprint density at radius 1 is 0.760 bits per heavy atom. The average Bonchev–Trinajstić information content (AvgIpc) is 2.58. The van der Waals surface area contributed by atoms with Crippen molar-refractivity contribution in [2.75, 3.05) is 0 Å².